The van der Waals surface area contributed by atoms with Crippen molar-refractivity contribution in [2.75, 3.05) is 0 Å². The van der Waals surface area contributed by atoms with Crippen molar-refractivity contribution in [2.24, 2.45) is 0 Å². The van der Waals surface area contributed by atoms with Crippen molar-refractivity contribution >= 4 is 5.97 Å². The van der Waals surface area contributed by atoms with Crippen molar-refractivity contribution in [1.82, 2.24) is 9.97 Å². The number of carbonyl (C=O) groups is 1. The molecule has 1 aromatic rings. The second-order valence-corrected chi connectivity index (χ2v) is 3.00. The van der Waals surface area contributed by atoms with Crippen LogP contribution in [0.5, 0.6) is 0 Å². The molecule has 0 aromatic carbocycles. The van der Waals surface area contributed by atoms with Crippen molar-refractivity contribution < 1.29 is 9.90 Å². The second kappa shape index (κ2) is 3.51. The molecule has 0 saturated heterocycles. The predicted octanol–water partition coefficient (Wildman–Crippen LogP) is 1.03. The molecule has 0 aliphatic heterocycles. The van der Waals surface area contributed by atoms with Gasteiger partial charge in [-0.25, -0.2) is 9.97 Å². The second-order valence-electron chi connectivity index (χ2n) is 3.00. The minimum Gasteiger partial charge on any atom is -0.481 e. The number of carboxylic acid groups (broad SMARTS) is 1. The Hall–Kier alpha value is -1.45. The molecule has 4 heteroatoms. The van der Waals surface area contributed by atoms with E-state index in [2.05, 4.69) is 9.97 Å². The molecular formula is C9H12N2O2. The zero-order valence-electron chi connectivity index (χ0n) is 7.96. The minimum atomic E-state index is -0.861. The Balaban J connectivity index is 3.12. The van der Waals surface area contributed by atoms with Crippen molar-refractivity contribution in [3.8, 4) is 0 Å². The van der Waals surface area contributed by atoms with Crippen LogP contribution < -0.4 is 0 Å². The highest BCUT2D eigenvalue weighted by atomic mass is 16.4. The fourth-order valence-electron chi connectivity index (χ4n) is 1.15. The first kappa shape index (κ1) is 9.64. The van der Waals surface area contributed by atoms with Crippen molar-refractivity contribution in [1.29, 1.82) is 0 Å². The number of carboxylic acids is 1. The average molecular weight is 180 g/mol. The van der Waals surface area contributed by atoms with E-state index >= 15 is 0 Å². The maximum atomic E-state index is 10.5. The summed E-state index contributed by atoms with van der Waals surface area (Å²) in [5.41, 5.74) is 2.33. The molecule has 0 bridgehead atoms. The van der Waals surface area contributed by atoms with E-state index in [1.807, 2.05) is 13.8 Å². The standard InChI is InChI=1S/C9H12N2O2/c1-5-6(2)10-7(3)11-8(5)4-9(12)13/h4H2,1-3H3,(H,12,13). The topological polar surface area (TPSA) is 63.1 Å². The molecule has 0 fully saturated rings. The average Bonchev–Trinajstić information content (AvgIpc) is 1.98. The molecule has 4 nitrogen and oxygen atoms in total. The summed E-state index contributed by atoms with van der Waals surface area (Å²) < 4.78 is 0. The lowest BCUT2D eigenvalue weighted by atomic mass is 10.1. The summed E-state index contributed by atoms with van der Waals surface area (Å²) in [6, 6.07) is 0. The molecule has 1 rings (SSSR count). The third kappa shape index (κ3) is 2.24. The number of hydrogen-bond donors (Lipinski definition) is 1. The van der Waals surface area contributed by atoms with E-state index in [9.17, 15) is 4.79 Å². The zero-order valence-corrected chi connectivity index (χ0v) is 7.96. The molecular weight excluding hydrogens is 168 g/mol. The highest BCUT2D eigenvalue weighted by Gasteiger charge is 2.08. The summed E-state index contributed by atoms with van der Waals surface area (Å²) in [4.78, 5) is 18.7. The molecule has 0 aliphatic carbocycles. The number of aromatic nitrogens is 2. The van der Waals surface area contributed by atoms with Crippen LogP contribution in [0.3, 0.4) is 0 Å². The van der Waals surface area contributed by atoms with Crippen LogP contribution in [-0.4, -0.2) is 21.0 Å². The van der Waals surface area contributed by atoms with E-state index in [0.717, 1.165) is 11.3 Å². The normalized spacial score (nSPS) is 10.1. The van der Waals surface area contributed by atoms with Gasteiger partial charge in [-0.1, -0.05) is 0 Å². The maximum absolute atomic E-state index is 10.5. The van der Waals surface area contributed by atoms with Crippen LogP contribution in [0.4, 0.5) is 0 Å². The smallest absolute Gasteiger partial charge is 0.309 e. The van der Waals surface area contributed by atoms with Crippen LogP contribution >= 0.6 is 0 Å². The molecule has 70 valence electrons. The number of hydrogen-bond acceptors (Lipinski definition) is 3. The molecule has 0 aliphatic rings. The third-order valence-electron chi connectivity index (χ3n) is 1.92. The monoisotopic (exact) mass is 180 g/mol. The van der Waals surface area contributed by atoms with E-state index in [0.29, 0.717) is 11.5 Å². The van der Waals surface area contributed by atoms with Crippen molar-refractivity contribution in [3.05, 3.63) is 22.8 Å². The molecule has 0 radical (unpaired) electrons. The quantitative estimate of drug-likeness (QED) is 0.738. The van der Waals surface area contributed by atoms with Crippen molar-refractivity contribution in [3.63, 3.8) is 0 Å². The van der Waals surface area contributed by atoms with Gasteiger partial charge in [-0.05, 0) is 26.3 Å². The molecule has 0 saturated carbocycles. The largest absolute Gasteiger partial charge is 0.481 e. The van der Waals surface area contributed by atoms with E-state index in [4.69, 9.17) is 5.11 Å². The number of nitrogens with zero attached hydrogens (tertiary/aromatic N) is 2. The van der Waals surface area contributed by atoms with Gasteiger partial charge in [-0.2, -0.15) is 0 Å². The number of aryl methyl sites for hydroxylation is 2. The molecule has 1 N–H and O–H groups in total. The minimum absolute atomic E-state index is 0.0317. The first-order chi connectivity index (χ1) is 6.00. The van der Waals surface area contributed by atoms with Gasteiger partial charge >= 0.3 is 5.97 Å². The van der Waals surface area contributed by atoms with Gasteiger partial charge in [0.15, 0.2) is 0 Å². The van der Waals surface area contributed by atoms with Gasteiger partial charge in [0.05, 0.1) is 12.1 Å². The van der Waals surface area contributed by atoms with Crippen molar-refractivity contribution in [2.45, 2.75) is 27.2 Å². The Kier molecular flexibility index (Phi) is 2.60. The van der Waals surface area contributed by atoms with Crippen LogP contribution in [0.1, 0.15) is 22.8 Å². The summed E-state index contributed by atoms with van der Waals surface area (Å²) in [5.74, 6) is -0.236. The summed E-state index contributed by atoms with van der Waals surface area (Å²) in [7, 11) is 0. The summed E-state index contributed by atoms with van der Waals surface area (Å²) >= 11 is 0. The van der Waals surface area contributed by atoms with Gasteiger partial charge in [0.1, 0.15) is 5.82 Å². The fraction of sp³-hybridized carbons (Fsp3) is 0.444. The van der Waals surface area contributed by atoms with Crippen LogP contribution in [0.2, 0.25) is 0 Å². The molecule has 1 heterocycles. The Morgan fingerprint density at radius 1 is 1.31 bits per heavy atom. The Labute approximate surface area is 76.7 Å². The van der Waals surface area contributed by atoms with Crippen LogP contribution in [0.15, 0.2) is 0 Å². The van der Waals surface area contributed by atoms with Gasteiger partial charge in [0.25, 0.3) is 0 Å². The molecule has 0 unspecified atom stereocenters. The first-order valence-electron chi connectivity index (χ1n) is 4.03. The number of aliphatic carboxylic acids is 1. The molecule has 13 heavy (non-hydrogen) atoms. The Morgan fingerprint density at radius 3 is 2.46 bits per heavy atom. The molecule has 1 aromatic heterocycles. The lowest BCUT2D eigenvalue weighted by Gasteiger charge is -2.05. The predicted molar refractivity (Wildman–Crippen MR) is 47.6 cm³/mol. The third-order valence-corrected chi connectivity index (χ3v) is 1.92. The van der Waals surface area contributed by atoms with Crippen LogP contribution in [0, 0.1) is 20.8 Å². The van der Waals surface area contributed by atoms with E-state index < -0.39 is 5.97 Å². The van der Waals surface area contributed by atoms with Gasteiger partial charge in [-0.3, -0.25) is 4.79 Å². The highest BCUT2D eigenvalue weighted by molar-refractivity contribution is 5.70. The van der Waals surface area contributed by atoms with Gasteiger partial charge < -0.3 is 5.11 Å². The lowest BCUT2D eigenvalue weighted by Crippen LogP contribution is -2.08. The Morgan fingerprint density at radius 2 is 1.92 bits per heavy atom. The molecule has 0 amide bonds. The lowest BCUT2D eigenvalue weighted by molar-refractivity contribution is -0.136. The van der Waals surface area contributed by atoms with E-state index in [1.165, 1.54) is 0 Å². The maximum Gasteiger partial charge on any atom is 0.309 e. The summed E-state index contributed by atoms with van der Waals surface area (Å²) in [5, 5.41) is 8.61. The zero-order chi connectivity index (χ0) is 10.0. The van der Waals surface area contributed by atoms with E-state index in [1.54, 1.807) is 6.92 Å². The van der Waals surface area contributed by atoms with Gasteiger partial charge in [0, 0.05) is 5.69 Å². The Bertz CT molecular complexity index is 348. The summed E-state index contributed by atoms with van der Waals surface area (Å²) in [6.45, 7) is 5.46. The fourth-order valence-corrected chi connectivity index (χ4v) is 1.15. The highest BCUT2D eigenvalue weighted by Crippen LogP contribution is 2.09. The number of rotatable bonds is 2. The van der Waals surface area contributed by atoms with Crippen LogP contribution in [0.25, 0.3) is 0 Å². The summed E-state index contributed by atoms with van der Waals surface area (Å²) in [6.07, 6.45) is -0.0317. The first-order valence-corrected chi connectivity index (χ1v) is 4.03. The van der Waals surface area contributed by atoms with Gasteiger partial charge in [0.2, 0.25) is 0 Å². The molecule has 0 spiro atoms. The van der Waals surface area contributed by atoms with Gasteiger partial charge in [-0.15, -0.1) is 0 Å². The van der Waals surface area contributed by atoms with Crippen LogP contribution in [-0.2, 0) is 11.2 Å². The SMILES string of the molecule is Cc1nc(C)c(C)c(CC(=O)O)n1. The van der Waals surface area contributed by atoms with E-state index in [-0.39, 0.29) is 6.42 Å². The molecule has 0 atom stereocenters.